The molecule has 0 spiro atoms. The maximum atomic E-state index is 10.9. The highest BCUT2D eigenvalue weighted by Gasteiger charge is 2.13. The van der Waals surface area contributed by atoms with Crippen LogP contribution >= 0.6 is 0 Å². The van der Waals surface area contributed by atoms with Crippen molar-refractivity contribution in [3.63, 3.8) is 0 Å². The third kappa shape index (κ3) is 10.1. The predicted molar refractivity (Wildman–Crippen MR) is 72.0 cm³/mol. The number of nitrogens with one attached hydrogen (secondary N) is 1. The summed E-state index contributed by atoms with van der Waals surface area (Å²) < 4.78 is 4.58. The fourth-order valence-corrected chi connectivity index (χ4v) is 1.64. The van der Waals surface area contributed by atoms with Gasteiger partial charge in [-0.15, -0.1) is 0 Å². The highest BCUT2D eigenvalue weighted by Crippen LogP contribution is 2.08. The summed E-state index contributed by atoms with van der Waals surface area (Å²) in [5.74, 6) is -0.113. The zero-order valence-corrected chi connectivity index (χ0v) is 11.9. The summed E-state index contributed by atoms with van der Waals surface area (Å²) in [5.41, 5.74) is -0.416. The van der Waals surface area contributed by atoms with Crippen molar-refractivity contribution in [1.29, 1.82) is 5.26 Å². The normalized spacial score (nSPS) is 11.0. The molecule has 4 heteroatoms. The Balaban J connectivity index is 3.22. The summed E-state index contributed by atoms with van der Waals surface area (Å²) in [7, 11) is 1.43. The Hall–Kier alpha value is -1.08. The Labute approximate surface area is 111 Å². The van der Waals surface area contributed by atoms with Crippen molar-refractivity contribution in [2.45, 2.75) is 64.3 Å². The third-order valence-corrected chi connectivity index (χ3v) is 2.88. The first kappa shape index (κ1) is 16.9. The van der Waals surface area contributed by atoms with E-state index in [0.717, 1.165) is 25.8 Å². The van der Waals surface area contributed by atoms with E-state index in [-0.39, 0.29) is 5.97 Å². The molecule has 0 fully saturated rings. The second-order valence-corrected chi connectivity index (χ2v) is 5.11. The number of nitrogens with zero attached hydrogens (tertiary/aromatic N) is 1. The summed E-state index contributed by atoms with van der Waals surface area (Å²) in [6, 6.07) is 2.22. The number of nitriles is 1. The van der Waals surface area contributed by atoms with Crippen LogP contribution < -0.4 is 5.32 Å². The molecule has 0 aromatic carbocycles. The van der Waals surface area contributed by atoms with E-state index in [1.54, 1.807) is 0 Å². The van der Waals surface area contributed by atoms with Gasteiger partial charge in [0, 0.05) is 6.42 Å². The topological polar surface area (TPSA) is 62.1 Å². The van der Waals surface area contributed by atoms with Gasteiger partial charge in [-0.3, -0.25) is 10.1 Å². The van der Waals surface area contributed by atoms with E-state index < -0.39 is 5.54 Å². The van der Waals surface area contributed by atoms with Gasteiger partial charge in [0.2, 0.25) is 0 Å². The van der Waals surface area contributed by atoms with E-state index in [2.05, 4.69) is 16.1 Å². The minimum atomic E-state index is -0.416. The predicted octanol–water partition coefficient (Wildman–Crippen LogP) is 2.78. The lowest BCUT2D eigenvalue weighted by molar-refractivity contribution is -0.140. The minimum absolute atomic E-state index is 0.113. The summed E-state index contributed by atoms with van der Waals surface area (Å²) in [6.07, 6.45) is 7.18. The van der Waals surface area contributed by atoms with Crippen LogP contribution in [0.1, 0.15) is 58.8 Å². The van der Waals surface area contributed by atoms with Crippen LogP contribution in [0.15, 0.2) is 0 Å². The number of methoxy groups -OCH3 is 1. The third-order valence-electron chi connectivity index (χ3n) is 2.88. The first-order valence-electron chi connectivity index (χ1n) is 6.75. The zero-order chi connectivity index (χ0) is 13.9. The van der Waals surface area contributed by atoms with Crippen molar-refractivity contribution in [3.05, 3.63) is 0 Å². The number of hydrogen-bond acceptors (Lipinski definition) is 4. The molecule has 0 aliphatic rings. The smallest absolute Gasteiger partial charge is 0.305 e. The Morgan fingerprint density at radius 3 is 2.28 bits per heavy atom. The number of esters is 1. The van der Waals surface area contributed by atoms with Crippen molar-refractivity contribution >= 4 is 5.97 Å². The molecule has 0 rings (SSSR count). The molecule has 0 saturated heterocycles. The lowest BCUT2D eigenvalue weighted by atomic mass is 10.1. The molecule has 0 aliphatic carbocycles. The van der Waals surface area contributed by atoms with Gasteiger partial charge in [0.25, 0.3) is 0 Å². The van der Waals surface area contributed by atoms with Crippen LogP contribution in [0, 0.1) is 11.3 Å². The van der Waals surface area contributed by atoms with Gasteiger partial charge in [-0.05, 0) is 33.2 Å². The van der Waals surface area contributed by atoms with Crippen LogP contribution in [0.5, 0.6) is 0 Å². The lowest BCUT2D eigenvalue weighted by Crippen LogP contribution is -2.38. The molecule has 0 heterocycles. The molecule has 0 atom stereocenters. The van der Waals surface area contributed by atoms with Crippen LogP contribution in [-0.2, 0) is 9.53 Å². The Morgan fingerprint density at radius 1 is 1.17 bits per heavy atom. The average molecular weight is 254 g/mol. The molecule has 4 nitrogen and oxygen atoms in total. The van der Waals surface area contributed by atoms with Gasteiger partial charge in [-0.25, -0.2) is 0 Å². The van der Waals surface area contributed by atoms with Crippen LogP contribution in [0.3, 0.4) is 0 Å². The summed E-state index contributed by atoms with van der Waals surface area (Å²) in [6.45, 7) is 4.67. The van der Waals surface area contributed by atoms with E-state index in [1.165, 1.54) is 26.4 Å². The fraction of sp³-hybridized carbons (Fsp3) is 0.857. The quantitative estimate of drug-likeness (QED) is 0.481. The number of hydrogen-bond donors (Lipinski definition) is 1. The fourth-order valence-electron chi connectivity index (χ4n) is 1.64. The molecule has 0 amide bonds. The first-order chi connectivity index (χ1) is 8.52. The van der Waals surface area contributed by atoms with Crippen molar-refractivity contribution in [2.75, 3.05) is 13.7 Å². The van der Waals surface area contributed by atoms with Gasteiger partial charge in [-0.2, -0.15) is 5.26 Å². The molecular formula is C14H26N2O2. The number of carbonyl (C=O) groups is 1. The number of ether oxygens (including phenoxy) is 1. The van der Waals surface area contributed by atoms with E-state index in [1.807, 2.05) is 13.8 Å². The molecular weight excluding hydrogens is 228 g/mol. The van der Waals surface area contributed by atoms with E-state index in [4.69, 9.17) is 5.26 Å². The van der Waals surface area contributed by atoms with E-state index in [9.17, 15) is 4.79 Å². The first-order valence-corrected chi connectivity index (χ1v) is 6.75. The van der Waals surface area contributed by atoms with Crippen molar-refractivity contribution in [1.82, 2.24) is 5.32 Å². The molecule has 0 saturated carbocycles. The van der Waals surface area contributed by atoms with Crippen molar-refractivity contribution in [2.24, 2.45) is 0 Å². The number of rotatable bonds is 10. The molecule has 0 aromatic rings. The molecule has 0 bridgehead atoms. The molecule has 1 N–H and O–H groups in total. The monoisotopic (exact) mass is 254 g/mol. The molecule has 0 unspecified atom stereocenters. The summed E-state index contributed by atoms with van der Waals surface area (Å²) in [4.78, 5) is 10.9. The Morgan fingerprint density at radius 2 is 1.72 bits per heavy atom. The lowest BCUT2D eigenvalue weighted by Gasteiger charge is -2.16. The second-order valence-electron chi connectivity index (χ2n) is 5.11. The molecule has 0 radical (unpaired) electrons. The maximum absolute atomic E-state index is 10.9. The molecule has 0 aromatic heterocycles. The highest BCUT2D eigenvalue weighted by atomic mass is 16.5. The van der Waals surface area contributed by atoms with Gasteiger partial charge in [0.15, 0.2) is 0 Å². The van der Waals surface area contributed by atoms with Gasteiger partial charge < -0.3 is 4.74 Å². The Bertz CT molecular complexity index is 269. The SMILES string of the molecule is COC(=O)CCCCCCCCNC(C)(C)C#N. The largest absolute Gasteiger partial charge is 0.469 e. The highest BCUT2D eigenvalue weighted by molar-refractivity contribution is 5.68. The van der Waals surface area contributed by atoms with Crippen LogP contribution in [0.2, 0.25) is 0 Å². The standard InChI is InChI=1S/C14H26N2O2/c1-14(2,12-15)16-11-9-7-5-4-6-8-10-13(17)18-3/h16H,4-11H2,1-3H3. The molecule has 104 valence electrons. The zero-order valence-electron chi connectivity index (χ0n) is 11.9. The number of carbonyl (C=O) groups excluding carboxylic acids is 1. The van der Waals surface area contributed by atoms with Gasteiger partial charge in [-0.1, -0.05) is 25.7 Å². The number of unbranched alkanes of at least 4 members (excludes halogenated alkanes) is 5. The van der Waals surface area contributed by atoms with Crippen LogP contribution in [0.4, 0.5) is 0 Å². The maximum Gasteiger partial charge on any atom is 0.305 e. The minimum Gasteiger partial charge on any atom is -0.469 e. The van der Waals surface area contributed by atoms with Crippen molar-refractivity contribution in [3.8, 4) is 6.07 Å². The molecule has 0 aliphatic heterocycles. The van der Waals surface area contributed by atoms with Gasteiger partial charge in [0.1, 0.15) is 5.54 Å². The second kappa shape index (κ2) is 9.90. The van der Waals surface area contributed by atoms with Crippen LogP contribution in [-0.4, -0.2) is 25.2 Å². The van der Waals surface area contributed by atoms with E-state index >= 15 is 0 Å². The summed E-state index contributed by atoms with van der Waals surface area (Å²) in [5, 5.41) is 12.0. The Kier molecular flexibility index (Phi) is 9.31. The van der Waals surface area contributed by atoms with E-state index in [0.29, 0.717) is 6.42 Å². The van der Waals surface area contributed by atoms with Gasteiger partial charge in [0.05, 0.1) is 13.2 Å². The summed E-state index contributed by atoms with van der Waals surface area (Å²) >= 11 is 0. The molecule has 18 heavy (non-hydrogen) atoms. The average Bonchev–Trinajstić information content (AvgIpc) is 2.36. The van der Waals surface area contributed by atoms with Crippen LogP contribution in [0.25, 0.3) is 0 Å². The van der Waals surface area contributed by atoms with Gasteiger partial charge >= 0.3 is 5.97 Å². The van der Waals surface area contributed by atoms with Crippen molar-refractivity contribution < 1.29 is 9.53 Å².